The van der Waals surface area contributed by atoms with Crippen LogP contribution in [0.15, 0.2) is 18.3 Å². The number of ether oxygens (including phenoxy) is 3. The molecule has 0 saturated carbocycles. The molecule has 1 saturated heterocycles. The molecule has 1 aromatic heterocycles. The fourth-order valence-corrected chi connectivity index (χ4v) is 2.25. The van der Waals surface area contributed by atoms with Crippen molar-refractivity contribution in [2.45, 2.75) is 19.1 Å². The molecule has 1 atom stereocenters. The molecule has 106 valence electrons. The smallest absolute Gasteiger partial charge is 0.122 e. The van der Waals surface area contributed by atoms with Gasteiger partial charge in [0.05, 0.1) is 25.5 Å². The summed E-state index contributed by atoms with van der Waals surface area (Å²) in [5, 5.41) is 0. The summed E-state index contributed by atoms with van der Waals surface area (Å²) in [4.78, 5) is 6.75. The van der Waals surface area contributed by atoms with E-state index in [1.165, 1.54) is 0 Å². The molecule has 19 heavy (non-hydrogen) atoms. The molecule has 0 unspecified atom stereocenters. The summed E-state index contributed by atoms with van der Waals surface area (Å²) in [7, 11) is 3.40. The van der Waals surface area contributed by atoms with E-state index in [4.69, 9.17) is 14.2 Å². The van der Waals surface area contributed by atoms with Crippen LogP contribution in [0.5, 0.6) is 5.75 Å². The number of pyridine rings is 1. The normalized spacial score (nSPS) is 20.4. The van der Waals surface area contributed by atoms with Crippen molar-refractivity contribution in [2.75, 3.05) is 40.5 Å². The molecule has 2 rings (SSSR count). The predicted octanol–water partition coefficient (Wildman–Crippen LogP) is 1.33. The molecule has 0 aliphatic carbocycles. The molecule has 0 bridgehead atoms. The Morgan fingerprint density at radius 1 is 1.47 bits per heavy atom. The van der Waals surface area contributed by atoms with Gasteiger partial charge in [-0.05, 0) is 12.5 Å². The first-order valence-electron chi connectivity index (χ1n) is 6.63. The van der Waals surface area contributed by atoms with Crippen LogP contribution in [0.25, 0.3) is 0 Å². The Bertz CT molecular complexity index is 387. The molecule has 0 aromatic carbocycles. The monoisotopic (exact) mass is 266 g/mol. The van der Waals surface area contributed by atoms with Gasteiger partial charge in [0, 0.05) is 45.6 Å². The highest BCUT2D eigenvalue weighted by molar-refractivity contribution is 5.22. The van der Waals surface area contributed by atoms with Gasteiger partial charge in [-0.3, -0.25) is 9.88 Å². The fourth-order valence-electron chi connectivity index (χ4n) is 2.25. The van der Waals surface area contributed by atoms with E-state index in [0.29, 0.717) is 0 Å². The summed E-state index contributed by atoms with van der Waals surface area (Å²) >= 11 is 0. The van der Waals surface area contributed by atoms with Crippen LogP contribution >= 0.6 is 0 Å². The SMILES string of the molecule is COCC[C@H]1CN(Cc2cc(OC)ccn2)CCO1. The van der Waals surface area contributed by atoms with Crippen molar-refractivity contribution in [3.05, 3.63) is 24.0 Å². The molecule has 1 aromatic rings. The highest BCUT2D eigenvalue weighted by Crippen LogP contribution is 2.15. The van der Waals surface area contributed by atoms with E-state index in [1.807, 2.05) is 12.1 Å². The summed E-state index contributed by atoms with van der Waals surface area (Å²) in [6, 6.07) is 3.85. The summed E-state index contributed by atoms with van der Waals surface area (Å²) < 4.78 is 16.0. The third-order valence-corrected chi connectivity index (χ3v) is 3.28. The number of hydrogen-bond donors (Lipinski definition) is 0. The van der Waals surface area contributed by atoms with Crippen LogP contribution < -0.4 is 4.74 Å². The van der Waals surface area contributed by atoms with Crippen molar-refractivity contribution in [2.24, 2.45) is 0 Å². The lowest BCUT2D eigenvalue weighted by Crippen LogP contribution is -2.42. The maximum atomic E-state index is 5.73. The zero-order valence-electron chi connectivity index (χ0n) is 11.7. The van der Waals surface area contributed by atoms with Crippen LogP contribution in [0.3, 0.4) is 0 Å². The summed E-state index contributed by atoms with van der Waals surface area (Å²) in [5.41, 5.74) is 1.03. The number of nitrogens with zero attached hydrogens (tertiary/aromatic N) is 2. The van der Waals surface area contributed by atoms with Gasteiger partial charge in [-0.15, -0.1) is 0 Å². The second kappa shape index (κ2) is 7.43. The zero-order valence-corrected chi connectivity index (χ0v) is 11.7. The largest absolute Gasteiger partial charge is 0.497 e. The van der Waals surface area contributed by atoms with Crippen LogP contribution in [0, 0.1) is 0 Å². The molecule has 0 N–H and O–H groups in total. The van der Waals surface area contributed by atoms with E-state index in [0.717, 1.165) is 50.7 Å². The molecule has 0 radical (unpaired) electrons. The lowest BCUT2D eigenvalue weighted by atomic mass is 10.2. The van der Waals surface area contributed by atoms with Gasteiger partial charge >= 0.3 is 0 Å². The van der Waals surface area contributed by atoms with E-state index < -0.39 is 0 Å². The summed E-state index contributed by atoms with van der Waals surface area (Å²) in [6.45, 7) is 4.24. The molecular formula is C14H22N2O3. The first kappa shape index (κ1) is 14.2. The number of methoxy groups -OCH3 is 2. The number of aromatic nitrogens is 1. The van der Waals surface area contributed by atoms with E-state index in [-0.39, 0.29) is 6.10 Å². The van der Waals surface area contributed by atoms with E-state index >= 15 is 0 Å². The lowest BCUT2D eigenvalue weighted by molar-refractivity contribution is -0.0435. The van der Waals surface area contributed by atoms with E-state index in [9.17, 15) is 0 Å². The second-order valence-electron chi connectivity index (χ2n) is 4.70. The number of morpholine rings is 1. The first-order valence-corrected chi connectivity index (χ1v) is 6.63. The average molecular weight is 266 g/mol. The Morgan fingerprint density at radius 3 is 3.16 bits per heavy atom. The minimum absolute atomic E-state index is 0.263. The number of rotatable bonds is 6. The van der Waals surface area contributed by atoms with Gasteiger partial charge < -0.3 is 14.2 Å². The van der Waals surface area contributed by atoms with E-state index in [2.05, 4.69) is 9.88 Å². The Kier molecular flexibility index (Phi) is 5.57. The van der Waals surface area contributed by atoms with Crippen LogP contribution in [0.1, 0.15) is 12.1 Å². The summed E-state index contributed by atoms with van der Waals surface area (Å²) in [5.74, 6) is 0.856. The first-order chi connectivity index (χ1) is 9.31. The quantitative estimate of drug-likeness (QED) is 0.777. The molecule has 0 amide bonds. The molecule has 1 fully saturated rings. The van der Waals surface area contributed by atoms with Crippen molar-refractivity contribution >= 4 is 0 Å². The molecule has 1 aliphatic heterocycles. The van der Waals surface area contributed by atoms with Crippen molar-refractivity contribution in [1.29, 1.82) is 0 Å². The van der Waals surface area contributed by atoms with Gasteiger partial charge in [0.2, 0.25) is 0 Å². The Morgan fingerprint density at radius 2 is 2.37 bits per heavy atom. The van der Waals surface area contributed by atoms with Crippen molar-refractivity contribution < 1.29 is 14.2 Å². The predicted molar refractivity (Wildman–Crippen MR) is 72.3 cm³/mol. The Balaban J connectivity index is 1.87. The lowest BCUT2D eigenvalue weighted by Gasteiger charge is -2.32. The van der Waals surface area contributed by atoms with Crippen LogP contribution in [-0.4, -0.2) is 56.5 Å². The van der Waals surface area contributed by atoms with Gasteiger partial charge in [0.1, 0.15) is 5.75 Å². The Labute approximate surface area is 114 Å². The molecule has 0 spiro atoms. The van der Waals surface area contributed by atoms with Crippen molar-refractivity contribution in [3.63, 3.8) is 0 Å². The van der Waals surface area contributed by atoms with Crippen LogP contribution in [0.2, 0.25) is 0 Å². The van der Waals surface area contributed by atoms with Crippen LogP contribution in [0.4, 0.5) is 0 Å². The average Bonchev–Trinajstić information content (AvgIpc) is 2.46. The second-order valence-corrected chi connectivity index (χ2v) is 4.70. The highest BCUT2D eigenvalue weighted by Gasteiger charge is 2.20. The van der Waals surface area contributed by atoms with Gasteiger partial charge in [-0.2, -0.15) is 0 Å². The third kappa shape index (κ3) is 4.45. The molecular weight excluding hydrogens is 244 g/mol. The van der Waals surface area contributed by atoms with Gasteiger partial charge in [-0.25, -0.2) is 0 Å². The molecule has 1 aliphatic rings. The zero-order chi connectivity index (χ0) is 13.5. The van der Waals surface area contributed by atoms with E-state index in [1.54, 1.807) is 20.4 Å². The van der Waals surface area contributed by atoms with Crippen molar-refractivity contribution in [3.8, 4) is 5.75 Å². The Hall–Kier alpha value is -1.17. The van der Waals surface area contributed by atoms with Gasteiger partial charge in [0.15, 0.2) is 0 Å². The maximum absolute atomic E-state index is 5.73. The molecule has 2 heterocycles. The molecule has 5 nitrogen and oxygen atoms in total. The van der Waals surface area contributed by atoms with Crippen molar-refractivity contribution in [1.82, 2.24) is 9.88 Å². The maximum Gasteiger partial charge on any atom is 0.122 e. The number of hydrogen-bond acceptors (Lipinski definition) is 5. The van der Waals surface area contributed by atoms with Gasteiger partial charge in [0.25, 0.3) is 0 Å². The highest BCUT2D eigenvalue weighted by atomic mass is 16.5. The molecule has 5 heteroatoms. The fraction of sp³-hybridized carbons (Fsp3) is 0.643. The third-order valence-electron chi connectivity index (χ3n) is 3.28. The minimum Gasteiger partial charge on any atom is -0.497 e. The van der Waals surface area contributed by atoms with Crippen LogP contribution in [-0.2, 0) is 16.0 Å². The van der Waals surface area contributed by atoms with Gasteiger partial charge in [-0.1, -0.05) is 0 Å². The summed E-state index contributed by atoms with van der Waals surface area (Å²) in [6.07, 6.45) is 2.99. The minimum atomic E-state index is 0.263. The topological polar surface area (TPSA) is 43.8 Å². The standard InChI is InChI=1S/C14H22N2O3/c1-17-7-4-14-11-16(6-8-19-14)10-12-9-13(18-2)3-5-15-12/h3,5,9,14H,4,6-8,10-11H2,1-2H3/t14-/m0/s1.